The minimum absolute atomic E-state index is 1.34. The van der Waals surface area contributed by atoms with Crippen molar-refractivity contribution in [3.63, 3.8) is 0 Å². The van der Waals surface area contributed by atoms with Gasteiger partial charge in [-0.2, -0.15) is 0 Å². The first-order valence-electron chi connectivity index (χ1n) is 6.25. The third-order valence-corrected chi connectivity index (χ3v) is 5.93. The smallest absolute Gasteiger partial charge is 0.135 e. The van der Waals surface area contributed by atoms with Crippen molar-refractivity contribution >= 4 is 78.2 Å². The molecule has 0 amide bonds. The summed E-state index contributed by atoms with van der Waals surface area (Å²) >= 11 is 4.37. The molecule has 3 aromatic carbocycles. The first kappa shape index (κ1) is 11.7. The molecule has 0 saturated carbocycles. The van der Waals surface area contributed by atoms with Crippen LogP contribution in [0.4, 0.5) is 0 Å². The Kier molecular flexibility index (Phi) is 2.60. The largest absolute Gasteiger partial charge is 0.141 e. The molecule has 0 saturated heterocycles. The molecule has 1 heterocycles. The monoisotopic (exact) mass is 372 g/mol. The fraction of sp³-hybridized carbons (Fsp3) is 0. The number of halogens is 1. The van der Waals surface area contributed by atoms with Crippen LogP contribution in [0, 0.1) is 3.57 Å². The van der Waals surface area contributed by atoms with E-state index in [1.54, 1.807) is 0 Å². The van der Waals surface area contributed by atoms with Crippen LogP contribution in [0.1, 0.15) is 0 Å². The van der Waals surface area contributed by atoms with E-state index in [0.29, 0.717) is 0 Å². The number of fused-ring (bicyclic) bond motifs is 5. The summed E-state index contributed by atoms with van der Waals surface area (Å²) in [4.78, 5) is 0. The van der Waals surface area contributed by atoms with Gasteiger partial charge in [0.1, 0.15) is 7.85 Å². The van der Waals surface area contributed by atoms with Crippen LogP contribution in [0.5, 0.6) is 0 Å². The summed E-state index contributed by atoms with van der Waals surface area (Å²) in [5.41, 5.74) is 1.37. The topological polar surface area (TPSA) is 0 Å². The number of thiophene rings is 1. The summed E-state index contributed by atoms with van der Waals surface area (Å²) in [6, 6.07) is 17.6. The fourth-order valence-electron chi connectivity index (χ4n) is 2.72. The molecule has 0 nitrogen and oxygen atoms in total. The molecule has 19 heavy (non-hydrogen) atoms. The van der Waals surface area contributed by atoms with Crippen LogP contribution in [0.3, 0.4) is 0 Å². The minimum atomic E-state index is 1.34. The molecular weight excluding hydrogens is 362 g/mol. The normalized spacial score (nSPS) is 11.6. The molecule has 0 unspecified atom stereocenters. The van der Waals surface area contributed by atoms with Crippen LogP contribution >= 0.6 is 33.9 Å². The van der Waals surface area contributed by atoms with Crippen LogP contribution in [0.15, 0.2) is 48.5 Å². The van der Waals surface area contributed by atoms with Gasteiger partial charge in [0.15, 0.2) is 0 Å². The van der Waals surface area contributed by atoms with E-state index in [2.05, 4.69) is 79.0 Å². The third-order valence-electron chi connectivity index (χ3n) is 3.65. The molecule has 3 heteroatoms. The van der Waals surface area contributed by atoms with Crippen molar-refractivity contribution < 1.29 is 0 Å². The van der Waals surface area contributed by atoms with Gasteiger partial charge in [0.05, 0.1) is 0 Å². The van der Waals surface area contributed by atoms with Crippen LogP contribution < -0.4 is 5.46 Å². The van der Waals surface area contributed by atoms with Crippen molar-refractivity contribution in [2.75, 3.05) is 0 Å². The molecule has 0 aliphatic rings. The highest BCUT2D eigenvalue weighted by molar-refractivity contribution is 14.1. The first-order valence-corrected chi connectivity index (χ1v) is 8.14. The Morgan fingerprint density at radius 3 is 2.32 bits per heavy atom. The summed E-state index contributed by atoms with van der Waals surface area (Å²) in [6.45, 7) is 0. The van der Waals surface area contributed by atoms with Crippen LogP contribution in [0.2, 0.25) is 0 Å². The highest BCUT2D eigenvalue weighted by atomic mass is 127. The molecule has 0 bridgehead atoms. The van der Waals surface area contributed by atoms with E-state index in [4.69, 9.17) is 0 Å². The zero-order valence-electron chi connectivity index (χ0n) is 10.4. The third kappa shape index (κ3) is 1.64. The maximum atomic E-state index is 2.45. The maximum absolute atomic E-state index is 2.45. The van der Waals surface area contributed by atoms with Crippen molar-refractivity contribution in [3.05, 3.63) is 52.1 Å². The Labute approximate surface area is 130 Å². The predicted molar refractivity (Wildman–Crippen MR) is 97.7 cm³/mol. The van der Waals surface area contributed by atoms with Gasteiger partial charge in [-0.3, -0.25) is 0 Å². The minimum Gasteiger partial charge on any atom is -0.135 e. The molecule has 0 spiro atoms. The molecule has 0 atom stereocenters. The van der Waals surface area contributed by atoms with E-state index >= 15 is 0 Å². The molecular formula is C16H10BIS. The Morgan fingerprint density at radius 1 is 0.789 bits per heavy atom. The molecule has 1 aromatic heterocycles. The lowest BCUT2D eigenvalue weighted by molar-refractivity contribution is 1.78. The van der Waals surface area contributed by atoms with Crippen molar-refractivity contribution in [3.8, 4) is 0 Å². The summed E-state index contributed by atoms with van der Waals surface area (Å²) in [5.74, 6) is 0. The van der Waals surface area contributed by atoms with Crippen LogP contribution in [-0.2, 0) is 0 Å². The number of hydrogen-bond donors (Lipinski definition) is 0. The van der Waals surface area contributed by atoms with Gasteiger partial charge in [0.25, 0.3) is 0 Å². The average Bonchev–Trinajstić information content (AvgIpc) is 2.80. The maximum Gasteiger partial charge on any atom is 0.141 e. The zero-order chi connectivity index (χ0) is 13.0. The van der Waals surface area contributed by atoms with Crippen molar-refractivity contribution in [2.45, 2.75) is 0 Å². The Hall–Kier alpha value is -1.07. The molecule has 0 radical (unpaired) electrons. The summed E-state index contributed by atoms with van der Waals surface area (Å²) in [6.07, 6.45) is 0. The van der Waals surface area contributed by atoms with E-state index in [9.17, 15) is 0 Å². The van der Waals surface area contributed by atoms with Gasteiger partial charge >= 0.3 is 0 Å². The van der Waals surface area contributed by atoms with E-state index in [1.165, 1.54) is 40.0 Å². The summed E-state index contributed by atoms with van der Waals surface area (Å²) < 4.78 is 4.17. The Morgan fingerprint density at radius 2 is 1.47 bits per heavy atom. The predicted octanol–water partition coefficient (Wildman–Crippen LogP) is 4.07. The van der Waals surface area contributed by atoms with Gasteiger partial charge in [-0.05, 0) is 39.4 Å². The van der Waals surface area contributed by atoms with Gasteiger partial charge in [-0.1, -0.05) is 47.9 Å². The van der Waals surface area contributed by atoms with Crippen molar-refractivity contribution in [1.29, 1.82) is 0 Å². The zero-order valence-corrected chi connectivity index (χ0v) is 13.4. The van der Waals surface area contributed by atoms with E-state index in [-0.39, 0.29) is 0 Å². The second-order valence-electron chi connectivity index (χ2n) is 4.83. The lowest BCUT2D eigenvalue weighted by Crippen LogP contribution is -1.99. The van der Waals surface area contributed by atoms with Crippen LogP contribution in [0.25, 0.3) is 30.9 Å². The van der Waals surface area contributed by atoms with Gasteiger partial charge in [0, 0.05) is 23.7 Å². The van der Waals surface area contributed by atoms with Crippen molar-refractivity contribution in [1.82, 2.24) is 0 Å². The molecule has 0 aliphatic heterocycles. The number of rotatable bonds is 0. The van der Waals surface area contributed by atoms with E-state index < -0.39 is 0 Å². The summed E-state index contributed by atoms with van der Waals surface area (Å²) in [7, 11) is 2.20. The van der Waals surface area contributed by atoms with Gasteiger partial charge in [-0.15, -0.1) is 11.3 Å². The van der Waals surface area contributed by atoms with Gasteiger partial charge in [-0.25, -0.2) is 0 Å². The lowest BCUT2D eigenvalue weighted by Gasteiger charge is -2.02. The fourth-order valence-corrected chi connectivity index (χ4v) is 4.79. The average molecular weight is 372 g/mol. The Balaban J connectivity index is 2.36. The SMILES string of the molecule is Bc1cccc2c1sc1c3ccccc3c(I)cc21. The standard InChI is InChI=1S/C16H10BIS/c17-13-7-3-6-11-12-8-14(18)9-4-1-2-5-10(9)15(12)19-16(11)13/h1-8H,17H2. The number of benzene rings is 3. The van der Waals surface area contributed by atoms with Crippen molar-refractivity contribution in [2.24, 2.45) is 0 Å². The highest BCUT2D eigenvalue weighted by Gasteiger charge is 2.11. The lowest BCUT2D eigenvalue weighted by atomic mass is 9.94. The van der Waals surface area contributed by atoms with E-state index in [1.807, 2.05) is 11.3 Å². The van der Waals surface area contributed by atoms with E-state index in [0.717, 1.165) is 0 Å². The quantitative estimate of drug-likeness (QED) is 0.323. The second-order valence-corrected chi connectivity index (χ2v) is 7.02. The molecule has 4 rings (SSSR count). The second kappa shape index (κ2) is 4.22. The molecule has 0 aliphatic carbocycles. The molecule has 4 aromatic rings. The highest BCUT2D eigenvalue weighted by Crippen LogP contribution is 2.39. The van der Waals surface area contributed by atoms with Gasteiger partial charge < -0.3 is 0 Å². The van der Waals surface area contributed by atoms with Gasteiger partial charge in [0.2, 0.25) is 0 Å². The van der Waals surface area contributed by atoms with Crippen LogP contribution in [-0.4, -0.2) is 7.85 Å². The summed E-state index contributed by atoms with van der Waals surface area (Å²) in [5, 5.41) is 5.53. The number of hydrogen-bond acceptors (Lipinski definition) is 1. The first-order chi connectivity index (χ1) is 9.25. The Bertz CT molecular complexity index is 940. The molecule has 0 fully saturated rings. The molecule has 0 N–H and O–H groups in total. The molecule has 90 valence electrons.